The quantitative estimate of drug-likeness (QED) is 0.199. The van der Waals surface area contributed by atoms with Gasteiger partial charge in [0.25, 0.3) is 8.01 Å². The van der Waals surface area contributed by atoms with Crippen LogP contribution in [0.4, 0.5) is 0 Å². The Kier molecular flexibility index (Phi) is 8.70. The molecule has 3 aromatic carbocycles. The van der Waals surface area contributed by atoms with Crippen molar-refractivity contribution < 1.29 is 8.39 Å². The Bertz CT molecular complexity index is 1470. The third-order valence-electron chi connectivity index (χ3n) is 10.3. The van der Waals surface area contributed by atoms with Crippen molar-refractivity contribution in [1.29, 1.82) is 0 Å². The average Bonchev–Trinajstić information content (AvgIpc) is 3.13. The number of fused-ring (bicyclic) bond motifs is 3. The lowest BCUT2D eigenvalue weighted by atomic mass is 9.74. The summed E-state index contributed by atoms with van der Waals surface area (Å²) in [4.78, 5) is 0. The maximum atomic E-state index is 7.14. The second kappa shape index (κ2) is 11.3. The van der Waals surface area contributed by atoms with Gasteiger partial charge in [0.05, 0.1) is 5.30 Å². The van der Waals surface area contributed by atoms with Gasteiger partial charge >= 0.3 is 0 Å². The first-order valence-corrected chi connectivity index (χ1v) is 16.9. The number of hydrogen-bond donors (Lipinski definition) is 0. The van der Waals surface area contributed by atoms with Gasteiger partial charge in [-0.25, -0.2) is 0 Å². The van der Waals surface area contributed by atoms with Gasteiger partial charge in [0, 0.05) is 21.9 Å². The summed E-state index contributed by atoms with van der Waals surface area (Å²) in [5, 5.41) is 3.45. The van der Waals surface area contributed by atoms with Crippen LogP contribution in [0.5, 0.6) is 0 Å². The highest BCUT2D eigenvalue weighted by molar-refractivity contribution is 7.45. The summed E-state index contributed by atoms with van der Waals surface area (Å²) in [5.41, 5.74) is 7.25. The number of benzene rings is 3. The van der Waals surface area contributed by atoms with E-state index in [0.29, 0.717) is 0 Å². The lowest BCUT2D eigenvalue weighted by Crippen LogP contribution is -2.21. The van der Waals surface area contributed by atoms with Gasteiger partial charge in [-0.3, -0.25) is 0 Å². The van der Waals surface area contributed by atoms with Gasteiger partial charge in [-0.1, -0.05) is 113 Å². The molecule has 0 aliphatic heterocycles. The van der Waals surface area contributed by atoms with E-state index >= 15 is 0 Å². The van der Waals surface area contributed by atoms with E-state index in [-0.39, 0.29) is 21.7 Å². The van der Waals surface area contributed by atoms with Crippen molar-refractivity contribution in [2.24, 2.45) is 0 Å². The lowest BCUT2D eigenvalue weighted by Gasteiger charge is -2.30. The molecule has 0 saturated carbocycles. The van der Waals surface area contributed by atoms with Crippen molar-refractivity contribution in [2.75, 3.05) is 0 Å². The summed E-state index contributed by atoms with van der Waals surface area (Å²) < 4.78 is 14.3. The predicted molar refractivity (Wildman–Crippen MR) is 181 cm³/mol. The van der Waals surface area contributed by atoms with E-state index in [9.17, 15) is 0 Å². The highest BCUT2D eigenvalue weighted by atomic mass is 31.1. The Hall–Kier alpha value is -2.44. The van der Waals surface area contributed by atoms with Crippen LogP contribution in [0.25, 0.3) is 27.2 Å². The van der Waals surface area contributed by atoms with Crippen molar-refractivity contribution >= 4 is 30.0 Å². The molecule has 4 aromatic rings. The Morgan fingerprint density at radius 3 is 1.22 bits per heavy atom. The van der Waals surface area contributed by atoms with E-state index in [0.717, 1.165) is 42.2 Å². The van der Waals surface area contributed by atoms with Gasteiger partial charge in [-0.15, -0.1) is 0 Å². The Morgan fingerprint density at radius 1 is 0.512 bits per heavy atom. The summed E-state index contributed by atoms with van der Waals surface area (Å²) in [6.07, 6.45) is 4.17. The van der Waals surface area contributed by atoms with Gasteiger partial charge in [-0.05, 0) is 82.7 Å². The molecule has 0 amide bonds. The molecule has 0 saturated heterocycles. The maximum Gasteiger partial charge on any atom is 0.252 e. The minimum atomic E-state index is -1.39. The molecule has 0 atom stereocenters. The van der Waals surface area contributed by atoms with Crippen molar-refractivity contribution in [3.63, 3.8) is 0 Å². The fourth-order valence-electron chi connectivity index (χ4n) is 5.27. The minimum Gasteiger partial charge on any atom is -0.415 e. The highest BCUT2D eigenvalue weighted by Crippen LogP contribution is 2.49. The Labute approximate surface area is 250 Å². The van der Waals surface area contributed by atoms with Gasteiger partial charge in [-0.2, -0.15) is 0 Å². The SMILES string of the molecule is CCC(C)(C)c1cc(C(C)(C)CC)c2op(-c3ccccc3)oc3c(C(C)(C)CC)cc(C(C)(C)CC)cc3c2c1. The molecule has 4 rings (SSSR count). The average molecular weight is 573 g/mol. The molecule has 1 aromatic heterocycles. The molecular formula is C38H53O2P. The van der Waals surface area contributed by atoms with Crippen LogP contribution in [0.2, 0.25) is 0 Å². The molecule has 0 aliphatic carbocycles. The van der Waals surface area contributed by atoms with Crippen molar-refractivity contribution in [3.8, 4) is 5.30 Å². The van der Waals surface area contributed by atoms with E-state index in [2.05, 4.69) is 138 Å². The summed E-state index contributed by atoms with van der Waals surface area (Å²) in [6.45, 7) is 28.0. The molecule has 3 heteroatoms. The van der Waals surface area contributed by atoms with E-state index in [1.54, 1.807) is 0 Å². The standard InChI is InChI=1S/C38H53O2P/c1-13-35(5,6)26-22-29-30-23-27(36(7,8)14-2)25-32(38(11,12)16-4)34(30)40-41(28-20-18-17-19-21-28)39-33(29)31(24-26)37(9,10)15-3/h17-25H,13-16H2,1-12H3. The van der Waals surface area contributed by atoms with Crippen LogP contribution in [0, 0.1) is 0 Å². The minimum absolute atomic E-state index is 0.0386. The van der Waals surface area contributed by atoms with Gasteiger partial charge in [0.15, 0.2) is 0 Å². The van der Waals surface area contributed by atoms with E-state index in [1.807, 2.05) is 0 Å². The molecule has 2 nitrogen and oxygen atoms in total. The predicted octanol–water partition coefficient (Wildman–Crippen LogP) is 13.0. The summed E-state index contributed by atoms with van der Waals surface area (Å²) >= 11 is 0. The Morgan fingerprint density at radius 2 is 0.878 bits per heavy atom. The van der Waals surface area contributed by atoms with Crippen molar-refractivity contribution in [2.45, 2.75) is 130 Å². The van der Waals surface area contributed by atoms with E-state index in [4.69, 9.17) is 8.39 Å². The fraction of sp³-hybridized carbons (Fsp3) is 0.526. The molecule has 1 heterocycles. The zero-order valence-electron chi connectivity index (χ0n) is 27.8. The molecule has 222 valence electrons. The van der Waals surface area contributed by atoms with Crippen LogP contribution in [0.15, 0.2) is 63.0 Å². The topological polar surface area (TPSA) is 26.3 Å². The molecule has 0 fully saturated rings. The normalized spacial score (nSPS) is 13.3. The molecular weight excluding hydrogens is 519 g/mol. The number of rotatable bonds is 9. The third kappa shape index (κ3) is 5.92. The molecule has 0 unspecified atom stereocenters. The summed E-state index contributed by atoms with van der Waals surface area (Å²) in [6, 6.07) is 20.3. The van der Waals surface area contributed by atoms with Crippen LogP contribution in [0.1, 0.15) is 131 Å². The van der Waals surface area contributed by atoms with Crippen LogP contribution in [-0.2, 0) is 21.7 Å². The first-order chi connectivity index (χ1) is 19.1. The molecule has 0 spiro atoms. The second-order valence-corrected chi connectivity index (χ2v) is 15.9. The highest BCUT2D eigenvalue weighted by Gasteiger charge is 2.31. The van der Waals surface area contributed by atoms with Gasteiger partial charge in [0.1, 0.15) is 11.2 Å². The molecule has 0 radical (unpaired) electrons. The smallest absolute Gasteiger partial charge is 0.252 e. The molecule has 41 heavy (non-hydrogen) atoms. The maximum absolute atomic E-state index is 7.14. The third-order valence-corrected chi connectivity index (χ3v) is 11.8. The Balaban J connectivity index is 2.40. The molecule has 0 bridgehead atoms. The molecule has 0 aliphatic rings. The zero-order chi connectivity index (χ0) is 30.4. The number of hydrogen-bond acceptors (Lipinski definition) is 2. The van der Waals surface area contributed by atoms with Crippen molar-refractivity contribution in [1.82, 2.24) is 0 Å². The monoisotopic (exact) mass is 572 g/mol. The first kappa shape index (κ1) is 31.5. The zero-order valence-corrected chi connectivity index (χ0v) is 28.7. The van der Waals surface area contributed by atoms with Crippen molar-refractivity contribution in [3.05, 3.63) is 76.9 Å². The first-order valence-electron chi connectivity index (χ1n) is 15.7. The summed E-state index contributed by atoms with van der Waals surface area (Å²) in [7, 11) is -1.39. The largest absolute Gasteiger partial charge is 0.415 e. The van der Waals surface area contributed by atoms with E-state index in [1.165, 1.54) is 33.0 Å². The van der Waals surface area contributed by atoms with Gasteiger partial charge in [0.2, 0.25) is 0 Å². The van der Waals surface area contributed by atoms with Crippen LogP contribution < -0.4 is 0 Å². The van der Waals surface area contributed by atoms with Crippen LogP contribution in [0.3, 0.4) is 0 Å². The molecule has 0 N–H and O–H groups in total. The lowest BCUT2D eigenvalue weighted by molar-refractivity contribution is 0.486. The van der Waals surface area contributed by atoms with E-state index < -0.39 is 8.01 Å². The summed E-state index contributed by atoms with van der Waals surface area (Å²) in [5.74, 6) is 0. The second-order valence-electron chi connectivity index (χ2n) is 14.5. The van der Waals surface area contributed by atoms with Gasteiger partial charge < -0.3 is 8.39 Å². The van der Waals surface area contributed by atoms with Crippen LogP contribution >= 0.6 is 8.01 Å². The fourth-order valence-corrected chi connectivity index (χ4v) is 6.66. The van der Waals surface area contributed by atoms with Crippen LogP contribution in [-0.4, -0.2) is 0 Å².